The van der Waals surface area contributed by atoms with Crippen LogP contribution < -0.4 is 5.43 Å². The normalized spacial score (nSPS) is 12.4. The minimum absolute atomic E-state index is 0.0813. The number of thiophene rings is 1. The fourth-order valence-electron chi connectivity index (χ4n) is 2.60. The van der Waals surface area contributed by atoms with E-state index in [1.54, 1.807) is 17.6 Å². The van der Waals surface area contributed by atoms with Crippen molar-refractivity contribution in [2.45, 2.75) is 25.8 Å². The van der Waals surface area contributed by atoms with Gasteiger partial charge in [-0.3, -0.25) is 5.43 Å². The molecule has 0 aliphatic heterocycles. The quantitative estimate of drug-likeness (QED) is 0.483. The van der Waals surface area contributed by atoms with Gasteiger partial charge in [0.25, 0.3) is 0 Å². The number of nitrogens with one attached hydrogen (secondary N) is 1. The molecule has 0 saturated heterocycles. The van der Waals surface area contributed by atoms with Crippen molar-refractivity contribution in [2.24, 2.45) is 5.10 Å². The summed E-state index contributed by atoms with van der Waals surface area (Å²) in [7, 11) is 4.11. The Kier molecular flexibility index (Phi) is 5.84. The molecule has 3 rings (SSSR count). The second-order valence-electron chi connectivity index (χ2n) is 7.44. The Morgan fingerprint density at radius 2 is 1.96 bits per heavy atom. The lowest BCUT2D eigenvalue weighted by Gasteiger charge is -2.18. The summed E-state index contributed by atoms with van der Waals surface area (Å²) in [4.78, 5) is 12.7. The van der Waals surface area contributed by atoms with E-state index in [4.69, 9.17) is 0 Å². The first kappa shape index (κ1) is 19.4. The van der Waals surface area contributed by atoms with Crippen LogP contribution in [0.25, 0.3) is 10.2 Å². The van der Waals surface area contributed by atoms with Crippen molar-refractivity contribution in [2.75, 3.05) is 26.1 Å². The molecule has 2 heterocycles. The highest BCUT2D eigenvalue weighted by molar-refractivity contribution is 7.18. The van der Waals surface area contributed by atoms with Crippen LogP contribution in [0.2, 0.25) is 0 Å². The fraction of sp³-hybridized carbons (Fsp3) is 0.350. The molecule has 7 heteroatoms. The molecular weight excluding hydrogens is 358 g/mol. The third kappa shape index (κ3) is 4.68. The maximum Gasteiger partial charge on any atom is 0.158 e. The van der Waals surface area contributed by atoms with Gasteiger partial charge in [0.1, 0.15) is 11.2 Å². The number of anilines is 1. The lowest BCUT2D eigenvalue weighted by molar-refractivity contribution is 0.221. The van der Waals surface area contributed by atoms with E-state index in [9.17, 15) is 5.11 Å². The summed E-state index contributed by atoms with van der Waals surface area (Å²) >= 11 is 1.57. The van der Waals surface area contributed by atoms with E-state index in [0.29, 0.717) is 5.82 Å². The molecule has 2 aromatic heterocycles. The van der Waals surface area contributed by atoms with Gasteiger partial charge >= 0.3 is 0 Å². The van der Waals surface area contributed by atoms with Crippen LogP contribution in [0.5, 0.6) is 0 Å². The van der Waals surface area contributed by atoms with Crippen molar-refractivity contribution in [1.82, 2.24) is 14.9 Å². The lowest BCUT2D eigenvalue weighted by Crippen LogP contribution is -2.20. The van der Waals surface area contributed by atoms with E-state index in [1.165, 1.54) is 11.9 Å². The summed E-state index contributed by atoms with van der Waals surface area (Å²) < 4.78 is 0. The molecule has 0 unspecified atom stereocenters. The van der Waals surface area contributed by atoms with Crippen molar-refractivity contribution >= 4 is 33.6 Å². The van der Waals surface area contributed by atoms with Gasteiger partial charge in [-0.25, -0.2) is 9.97 Å². The van der Waals surface area contributed by atoms with Gasteiger partial charge in [0, 0.05) is 16.8 Å². The maximum atomic E-state index is 9.61. The predicted octanol–water partition coefficient (Wildman–Crippen LogP) is 3.47. The van der Waals surface area contributed by atoms with Crippen molar-refractivity contribution < 1.29 is 5.11 Å². The van der Waals surface area contributed by atoms with Crippen LogP contribution in [0.1, 0.15) is 29.9 Å². The highest BCUT2D eigenvalue weighted by Gasteiger charge is 2.23. The van der Waals surface area contributed by atoms with E-state index in [2.05, 4.69) is 51.6 Å². The summed E-state index contributed by atoms with van der Waals surface area (Å²) in [6, 6.07) is 10.3. The van der Waals surface area contributed by atoms with Crippen molar-refractivity contribution in [1.29, 1.82) is 0 Å². The molecule has 0 amide bonds. The second kappa shape index (κ2) is 8.12. The smallest absolute Gasteiger partial charge is 0.158 e. The Labute approximate surface area is 163 Å². The van der Waals surface area contributed by atoms with Crippen molar-refractivity contribution in [3.8, 4) is 0 Å². The molecule has 0 aliphatic rings. The molecule has 1 aromatic carbocycles. The lowest BCUT2D eigenvalue weighted by atomic mass is 9.93. The number of benzene rings is 1. The zero-order valence-corrected chi connectivity index (χ0v) is 16.9. The zero-order valence-electron chi connectivity index (χ0n) is 16.1. The first-order valence-electron chi connectivity index (χ1n) is 8.78. The highest BCUT2D eigenvalue weighted by atomic mass is 32.1. The Morgan fingerprint density at radius 3 is 2.63 bits per heavy atom. The van der Waals surface area contributed by atoms with Gasteiger partial charge in [0.05, 0.1) is 18.2 Å². The number of hydrogen-bond acceptors (Lipinski definition) is 7. The summed E-state index contributed by atoms with van der Waals surface area (Å²) in [6.07, 6.45) is 3.31. The van der Waals surface area contributed by atoms with Gasteiger partial charge in [0.15, 0.2) is 5.82 Å². The average Bonchev–Trinajstić information content (AvgIpc) is 3.09. The maximum absolute atomic E-state index is 9.61. The molecule has 2 N–H and O–H groups in total. The highest BCUT2D eigenvalue weighted by Crippen LogP contribution is 2.35. The number of nitrogens with zero attached hydrogens (tertiary/aromatic N) is 4. The van der Waals surface area contributed by atoms with Gasteiger partial charge in [-0.15, -0.1) is 11.3 Å². The van der Waals surface area contributed by atoms with Gasteiger partial charge in [-0.1, -0.05) is 38.1 Å². The summed E-state index contributed by atoms with van der Waals surface area (Å²) in [5.41, 5.74) is 4.99. The summed E-state index contributed by atoms with van der Waals surface area (Å²) in [6.45, 7) is 5.02. The molecular formula is C20H25N5OS. The van der Waals surface area contributed by atoms with Crippen molar-refractivity contribution in [3.05, 3.63) is 52.7 Å². The fourth-order valence-corrected chi connectivity index (χ4v) is 3.69. The minimum Gasteiger partial charge on any atom is -0.395 e. The van der Waals surface area contributed by atoms with Gasteiger partial charge < -0.3 is 10.0 Å². The predicted molar refractivity (Wildman–Crippen MR) is 113 cm³/mol. The molecule has 0 atom stereocenters. The van der Waals surface area contributed by atoms with Gasteiger partial charge in [-0.2, -0.15) is 5.10 Å². The molecule has 0 fully saturated rings. The monoisotopic (exact) mass is 383 g/mol. The third-order valence-corrected chi connectivity index (χ3v) is 5.66. The van der Waals surface area contributed by atoms with Crippen LogP contribution >= 0.6 is 11.3 Å². The average molecular weight is 384 g/mol. The molecule has 3 aromatic rings. The van der Waals surface area contributed by atoms with Crippen LogP contribution in [0, 0.1) is 0 Å². The second-order valence-corrected chi connectivity index (χ2v) is 8.47. The van der Waals surface area contributed by atoms with Crippen LogP contribution in [-0.4, -0.2) is 46.9 Å². The molecule has 0 saturated carbocycles. The largest absolute Gasteiger partial charge is 0.395 e. The van der Waals surface area contributed by atoms with E-state index < -0.39 is 0 Å². The van der Waals surface area contributed by atoms with Gasteiger partial charge in [0.2, 0.25) is 0 Å². The van der Waals surface area contributed by atoms with Crippen LogP contribution in [-0.2, 0) is 12.0 Å². The van der Waals surface area contributed by atoms with E-state index >= 15 is 0 Å². The van der Waals surface area contributed by atoms with Crippen molar-refractivity contribution in [3.63, 3.8) is 0 Å². The number of aliphatic hydroxyl groups excluding tert-OH is 1. The number of fused-ring (bicyclic) bond motifs is 1. The Morgan fingerprint density at radius 1 is 1.22 bits per heavy atom. The minimum atomic E-state index is -0.305. The molecule has 27 heavy (non-hydrogen) atoms. The summed E-state index contributed by atoms with van der Waals surface area (Å²) in [5.74, 6) is 0.664. The number of rotatable bonds is 7. The Bertz CT molecular complexity index is 931. The molecule has 0 aliphatic carbocycles. The first-order valence-corrected chi connectivity index (χ1v) is 9.59. The molecule has 0 radical (unpaired) electrons. The van der Waals surface area contributed by atoms with Gasteiger partial charge in [-0.05, 0) is 31.3 Å². The zero-order chi connectivity index (χ0) is 19.4. The molecule has 0 spiro atoms. The number of aliphatic hydroxyl groups is 1. The van der Waals surface area contributed by atoms with E-state index in [1.807, 2.05) is 32.0 Å². The first-order chi connectivity index (χ1) is 12.9. The van der Waals surface area contributed by atoms with Crippen LogP contribution in [0.3, 0.4) is 0 Å². The topological polar surface area (TPSA) is 73.6 Å². The molecule has 0 bridgehead atoms. The number of aromatic nitrogens is 2. The van der Waals surface area contributed by atoms with E-state index in [-0.39, 0.29) is 12.0 Å². The third-order valence-electron chi connectivity index (χ3n) is 4.25. The van der Waals surface area contributed by atoms with Crippen LogP contribution in [0.15, 0.2) is 41.8 Å². The standard InChI is InChI=1S/C20H25N5OS/c1-20(2,12-26)17-9-16-18(21-13-22-19(16)27-17)24-23-10-14-5-7-15(8-6-14)11-25(3)4/h5-10,13,26H,11-12H2,1-4H3,(H,21,22,24)/b23-10+. The Hall–Kier alpha value is -2.35. The van der Waals surface area contributed by atoms with E-state index in [0.717, 1.165) is 27.2 Å². The number of hydrogen-bond donors (Lipinski definition) is 2. The summed E-state index contributed by atoms with van der Waals surface area (Å²) in [5, 5.41) is 14.8. The SMILES string of the molecule is CN(C)Cc1ccc(/C=N/Nc2ncnc3sc(C(C)(C)CO)cc23)cc1. The molecule has 142 valence electrons. The number of hydrazone groups is 1. The van der Waals surface area contributed by atoms with Crippen LogP contribution in [0.4, 0.5) is 5.82 Å². The molecule has 6 nitrogen and oxygen atoms in total. The Balaban J connectivity index is 1.75.